The van der Waals surface area contributed by atoms with Crippen LogP contribution in [0.4, 0.5) is 0 Å². The van der Waals surface area contributed by atoms with Crippen LogP contribution in [0.25, 0.3) is 0 Å². The summed E-state index contributed by atoms with van der Waals surface area (Å²) in [6.07, 6.45) is 5.00. The van der Waals surface area contributed by atoms with Gasteiger partial charge >= 0.3 is 0 Å². The molecule has 1 aliphatic heterocycles. The number of nitrogens with zero attached hydrogens (tertiary/aromatic N) is 2. The van der Waals surface area contributed by atoms with Crippen LogP contribution in [0.5, 0.6) is 0 Å². The Bertz CT molecular complexity index is 300. The van der Waals surface area contributed by atoms with Crippen molar-refractivity contribution in [3.8, 4) is 0 Å². The Morgan fingerprint density at radius 2 is 2.47 bits per heavy atom. The second kappa shape index (κ2) is 4.73. The van der Waals surface area contributed by atoms with Crippen LogP contribution in [-0.4, -0.2) is 37.2 Å². The highest BCUT2D eigenvalue weighted by Gasteiger charge is 2.32. The molecule has 1 aromatic rings. The van der Waals surface area contributed by atoms with Crippen molar-refractivity contribution in [1.82, 2.24) is 9.88 Å². The molecule has 0 saturated carbocycles. The summed E-state index contributed by atoms with van der Waals surface area (Å²) in [6, 6.07) is 4.63. The molecule has 2 heterocycles. The van der Waals surface area contributed by atoms with Gasteiger partial charge in [-0.05, 0) is 31.6 Å². The summed E-state index contributed by atoms with van der Waals surface area (Å²) in [5.74, 6) is 0.601. The normalized spacial score (nSPS) is 27.1. The lowest BCUT2D eigenvalue weighted by molar-refractivity contribution is 0.130. The van der Waals surface area contributed by atoms with E-state index in [1.807, 2.05) is 18.5 Å². The molecule has 3 nitrogen and oxygen atoms in total. The summed E-state index contributed by atoms with van der Waals surface area (Å²) < 4.78 is 5.28. The first-order valence-electron chi connectivity index (χ1n) is 5.42. The highest BCUT2D eigenvalue weighted by atomic mass is 16.5. The minimum atomic E-state index is 0.471. The van der Waals surface area contributed by atoms with Crippen molar-refractivity contribution in [2.45, 2.75) is 12.5 Å². The molecular formula is C12H18N2O. The van der Waals surface area contributed by atoms with Gasteiger partial charge in [-0.2, -0.15) is 0 Å². The van der Waals surface area contributed by atoms with Gasteiger partial charge in [0, 0.05) is 31.5 Å². The maximum Gasteiger partial charge on any atom is 0.0509 e. The largest absolute Gasteiger partial charge is 0.384 e. The van der Waals surface area contributed by atoms with Crippen LogP contribution in [-0.2, 0) is 4.74 Å². The van der Waals surface area contributed by atoms with Gasteiger partial charge in [0.1, 0.15) is 0 Å². The van der Waals surface area contributed by atoms with Crippen molar-refractivity contribution < 1.29 is 4.74 Å². The molecule has 1 saturated heterocycles. The summed E-state index contributed by atoms with van der Waals surface area (Å²) in [6.45, 7) is 1.98. The van der Waals surface area contributed by atoms with E-state index in [1.165, 1.54) is 12.0 Å². The molecule has 3 heteroatoms. The number of methoxy groups -OCH3 is 1. The number of pyridine rings is 1. The molecular weight excluding hydrogens is 188 g/mol. The summed E-state index contributed by atoms with van der Waals surface area (Å²) in [7, 11) is 3.95. The van der Waals surface area contributed by atoms with Crippen molar-refractivity contribution >= 4 is 0 Å². The predicted octanol–water partition coefficient (Wildman–Crippen LogP) is 1.72. The summed E-state index contributed by atoms with van der Waals surface area (Å²) in [5.41, 5.74) is 1.31. The van der Waals surface area contributed by atoms with Crippen molar-refractivity contribution in [2.24, 2.45) is 5.92 Å². The number of ether oxygens (including phenoxy) is 1. The second-order valence-electron chi connectivity index (χ2n) is 4.22. The van der Waals surface area contributed by atoms with E-state index in [-0.39, 0.29) is 0 Å². The van der Waals surface area contributed by atoms with E-state index >= 15 is 0 Å². The zero-order chi connectivity index (χ0) is 10.7. The average Bonchev–Trinajstić information content (AvgIpc) is 2.62. The average molecular weight is 206 g/mol. The van der Waals surface area contributed by atoms with Crippen molar-refractivity contribution in [2.75, 3.05) is 27.3 Å². The van der Waals surface area contributed by atoms with Crippen molar-refractivity contribution in [3.05, 3.63) is 30.1 Å². The van der Waals surface area contributed by atoms with Crippen LogP contribution < -0.4 is 0 Å². The third kappa shape index (κ3) is 2.19. The Hall–Kier alpha value is -0.930. The van der Waals surface area contributed by atoms with Crippen LogP contribution >= 0.6 is 0 Å². The lowest BCUT2D eigenvalue weighted by Crippen LogP contribution is -2.23. The standard InChI is InChI=1S/C12H18N2O/c1-14-7-5-11(9-15-2)12(14)10-4-3-6-13-8-10/h3-4,6,8,11-12H,5,7,9H2,1-2H3/t11-,12-/m1/s1. The molecule has 82 valence electrons. The van der Waals surface area contributed by atoms with E-state index in [0.717, 1.165) is 13.2 Å². The molecule has 0 spiro atoms. The quantitative estimate of drug-likeness (QED) is 0.753. The first-order chi connectivity index (χ1) is 7.33. The van der Waals surface area contributed by atoms with Crippen LogP contribution in [0.1, 0.15) is 18.0 Å². The summed E-state index contributed by atoms with van der Waals surface area (Å²) in [4.78, 5) is 6.58. The van der Waals surface area contributed by atoms with E-state index < -0.39 is 0 Å². The van der Waals surface area contributed by atoms with Gasteiger partial charge in [-0.1, -0.05) is 6.07 Å². The Morgan fingerprint density at radius 1 is 1.60 bits per heavy atom. The molecule has 2 rings (SSSR count). The Morgan fingerprint density at radius 3 is 3.13 bits per heavy atom. The lowest BCUT2D eigenvalue weighted by Gasteiger charge is -2.24. The highest BCUT2D eigenvalue weighted by molar-refractivity contribution is 5.16. The van der Waals surface area contributed by atoms with Gasteiger partial charge in [-0.3, -0.25) is 9.88 Å². The van der Waals surface area contributed by atoms with Crippen LogP contribution in [0, 0.1) is 5.92 Å². The maximum absolute atomic E-state index is 5.28. The first-order valence-corrected chi connectivity index (χ1v) is 5.42. The molecule has 0 unspecified atom stereocenters. The molecule has 1 aliphatic rings. The minimum Gasteiger partial charge on any atom is -0.384 e. The first kappa shape index (κ1) is 10.6. The second-order valence-corrected chi connectivity index (χ2v) is 4.22. The van der Waals surface area contributed by atoms with Gasteiger partial charge in [0.2, 0.25) is 0 Å². The van der Waals surface area contributed by atoms with E-state index in [0.29, 0.717) is 12.0 Å². The number of aromatic nitrogens is 1. The van der Waals surface area contributed by atoms with E-state index in [2.05, 4.69) is 23.0 Å². The fourth-order valence-electron chi connectivity index (χ4n) is 2.49. The monoisotopic (exact) mass is 206 g/mol. The molecule has 0 N–H and O–H groups in total. The topological polar surface area (TPSA) is 25.4 Å². The molecule has 0 aromatic carbocycles. The Labute approximate surface area is 91.1 Å². The van der Waals surface area contributed by atoms with Gasteiger partial charge in [0.25, 0.3) is 0 Å². The number of hydrogen-bond acceptors (Lipinski definition) is 3. The Kier molecular flexibility index (Phi) is 3.34. The number of likely N-dealkylation sites (tertiary alicyclic amines) is 1. The molecule has 1 fully saturated rings. The summed E-state index contributed by atoms with van der Waals surface area (Å²) >= 11 is 0. The molecule has 15 heavy (non-hydrogen) atoms. The molecule has 2 atom stereocenters. The zero-order valence-corrected chi connectivity index (χ0v) is 9.39. The van der Waals surface area contributed by atoms with Crippen molar-refractivity contribution in [3.63, 3.8) is 0 Å². The SMILES string of the molecule is COC[C@H]1CCN(C)[C@@H]1c1cccnc1. The zero-order valence-electron chi connectivity index (χ0n) is 9.39. The van der Waals surface area contributed by atoms with Crippen LogP contribution in [0.3, 0.4) is 0 Å². The van der Waals surface area contributed by atoms with E-state index in [9.17, 15) is 0 Å². The number of rotatable bonds is 3. The molecule has 0 radical (unpaired) electrons. The van der Waals surface area contributed by atoms with Gasteiger partial charge < -0.3 is 4.74 Å². The van der Waals surface area contributed by atoms with Crippen molar-refractivity contribution in [1.29, 1.82) is 0 Å². The third-order valence-electron chi connectivity index (χ3n) is 3.18. The third-order valence-corrected chi connectivity index (χ3v) is 3.18. The minimum absolute atomic E-state index is 0.471. The summed E-state index contributed by atoms with van der Waals surface area (Å²) in [5, 5.41) is 0. The van der Waals surface area contributed by atoms with Gasteiger partial charge in [-0.25, -0.2) is 0 Å². The highest BCUT2D eigenvalue weighted by Crippen LogP contribution is 2.35. The van der Waals surface area contributed by atoms with E-state index in [4.69, 9.17) is 4.74 Å². The molecule has 1 aromatic heterocycles. The molecule has 0 bridgehead atoms. The number of hydrogen-bond donors (Lipinski definition) is 0. The van der Waals surface area contributed by atoms with Crippen LogP contribution in [0.15, 0.2) is 24.5 Å². The fraction of sp³-hybridized carbons (Fsp3) is 0.583. The fourth-order valence-corrected chi connectivity index (χ4v) is 2.49. The van der Waals surface area contributed by atoms with Gasteiger partial charge in [0.05, 0.1) is 6.61 Å². The van der Waals surface area contributed by atoms with Crippen LogP contribution in [0.2, 0.25) is 0 Å². The smallest absolute Gasteiger partial charge is 0.0509 e. The lowest BCUT2D eigenvalue weighted by atomic mass is 9.96. The van der Waals surface area contributed by atoms with E-state index in [1.54, 1.807) is 7.11 Å². The predicted molar refractivity (Wildman–Crippen MR) is 59.6 cm³/mol. The Balaban J connectivity index is 2.17. The molecule has 0 amide bonds. The maximum atomic E-state index is 5.28. The van der Waals surface area contributed by atoms with Gasteiger partial charge in [-0.15, -0.1) is 0 Å². The van der Waals surface area contributed by atoms with Gasteiger partial charge in [0.15, 0.2) is 0 Å². The molecule has 0 aliphatic carbocycles.